The number of nitrogen functional groups attached to an aromatic ring is 1. The lowest BCUT2D eigenvalue weighted by Gasteiger charge is -2.06. The molecule has 0 spiro atoms. The highest BCUT2D eigenvalue weighted by molar-refractivity contribution is 5.78. The Morgan fingerprint density at radius 2 is 1.67 bits per heavy atom. The van der Waals surface area contributed by atoms with E-state index in [0.717, 1.165) is 12.3 Å². The quantitative estimate of drug-likeness (QED) is 0.328. The maximum absolute atomic E-state index is 14.2. The predicted molar refractivity (Wildman–Crippen MR) is 111 cm³/mol. The summed E-state index contributed by atoms with van der Waals surface area (Å²) in [5.74, 6) is -3.73. The van der Waals surface area contributed by atoms with Crippen molar-refractivity contribution in [3.63, 3.8) is 0 Å². The summed E-state index contributed by atoms with van der Waals surface area (Å²) in [6.07, 6.45) is 4.91. The van der Waals surface area contributed by atoms with Crippen LogP contribution in [-0.2, 0) is 6.42 Å². The molecule has 5 aromatic rings. The second kappa shape index (κ2) is 7.93. The number of halogens is 4. The minimum Gasteiger partial charge on any atom is -0.383 e. The minimum absolute atomic E-state index is 0.00101. The van der Waals surface area contributed by atoms with Crippen LogP contribution in [0, 0.1) is 23.3 Å². The van der Waals surface area contributed by atoms with Crippen LogP contribution in [0.25, 0.3) is 28.2 Å². The van der Waals surface area contributed by atoms with Gasteiger partial charge in [0.2, 0.25) is 0 Å². The van der Waals surface area contributed by atoms with Crippen LogP contribution in [0.3, 0.4) is 0 Å². The van der Waals surface area contributed by atoms with Gasteiger partial charge in [0, 0.05) is 41.7 Å². The normalized spacial score (nSPS) is 11.3. The Balaban J connectivity index is 1.62. The lowest BCUT2D eigenvalue weighted by atomic mass is 10.1. The highest BCUT2D eigenvalue weighted by atomic mass is 19.2. The number of benzene rings is 1. The molecule has 0 bridgehead atoms. The van der Waals surface area contributed by atoms with Gasteiger partial charge in [-0.2, -0.15) is 5.10 Å². The summed E-state index contributed by atoms with van der Waals surface area (Å²) in [6, 6.07) is 6.30. The molecule has 4 heterocycles. The molecule has 164 valence electrons. The Bertz CT molecular complexity index is 1520. The summed E-state index contributed by atoms with van der Waals surface area (Å²) >= 11 is 0. The van der Waals surface area contributed by atoms with Gasteiger partial charge in [0.05, 0.1) is 11.7 Å². The van der Waals surface area contributed by atoms with E-state index >= 15 is 0 Å². The number of nitrogens with two attached hydrogens (primary N) is 1. The van der Waals surface area contributed by atoms with Crippen LogP contribution in [0.15, 0.2) is 55.1 Å². The molecule has 4 aromatic heterocycles. The van der Waals surface area contributed by atoms with E-state index in [-0.39, 0.29) is 40.7 Å². The van der Waals surface area contributed by atoms with Gasteiger partial charge in [0.25, 0.3) is 0 Å². The first-order chi connectivity index (χ1) is 15.9. The van der Waals surface area contributed by atoms with E-state index in [1.54, 1.807) is 12.1 Å². The van der Waals surface area contributed by atoms with Crippen LogP contribution in [0.4, 0.5) is 23.4 Å². The highest BCUT2D eigenvalue weighted by Gasteiger charge is 2.21. The summed E-state index contributed by atoms with van der Waals surface area (Å²) in [6.45, 7) is 0. The maximum Gasteiger partial charge on any atom is 0.182 e. The molecule has 1 aromatic carbocycles. The number of pyridine rings is 1. The SMILES string of the molecule is Nc1nc(-c2nc(Cc3c(F)ccc(F)c3F)n3ncccc23)ncc1-c1ccncc1F. The zero-order valence-corrected chi connectivity index (χ0v) is 16.7. The summed E-state index contributed by atoms with van der Waals surface area (Å²) in [7, 11) is 0. The van der Waals surface area contributed by atoms with Gasteiger partial charge in [0.15, 0.2) is 17.5 Å². The average molecular weight is 451 g/mol. The molecule has 0 atom stereocenters. The smallest absolute Gasteiger partial charge is 0.182 e. The first kappa shape index (κ1) is 20.5. The standard InChI is InChI=1S/C22H13F4N7/c23-14-3-4-15(24)19(26)12(14)8-18-31-20(17-2-1-6-30-33(17)18)22-29-9-13(21(27)32-22)11-5-7-28-10-16(11)25/h1-7,9-10H,8H2,(H2,27,29,32). The molecule has 33 heavy (non-hydrogen) atoms. The molecule has 0 saturated heterocycles. The van der Waals surface area contributed by atoms with E-state index < -0.39 is 28.8 Å². The van der Waals surface area contributed by atoms with Crippen molar-refractivity contribution in [2.24, 2.45) is 0 Å². The fraction of sp³-hybridized carbons (Fsp3) is 0.0455. The molecule has 0 aliphatic heterocycles. The second-order valence-electron chi connectivity index (χ2n) is 7.04. The van der Waals surface area contributed by atoms with Crippen LogP contribution in [-0.4, -0.2) is 29.5 Å². The summed E-state index contributed by atoms with van der Waals surface area (Å²) < 4.78 is 57.5. The number of aromatic nitrogens is 6. The molecule has 0 saturated carbocycles. The Labute approximate surface area is 183 Å². The third kappa shape index (κ3) is 3.53. The fourth-order valence-electron chi connectivity index (χ4n) is 3.47. The molecule has 0 aliphatic rings. The van der Waals surface area contributed by atoms with Crippen molar-refractivity contribution in [3.8, 4) is 22.6 Å². The molecular formula is C22H13F4N7. The van der Waals surface area contributed by atoms with Gasteiger partial charge in [-0.25, -0.2) is 37.0 Å². The molecular weight excluding hydrogens is 438 g/mol. The maximum atomic E-state index is 14.2. The Hall–Kier alpha value is -4.41. The van der Waals surface area contributed by atoms with E-state index in [2.05, 4.69) is 25.0 Å². The monoisotopic (exact) mass is 451 g/mol. The van der Waals surface area contributed by atoms with E-state index in [0.29, 0.717) is 11.6 Å². The molecule has 7 nitrogen and oxygen atoms in total. The fourth-order valence-corrected chi connectivity index (χ4v) is 3.47. The number of fused-ring (bicyclic) bond motifs is 1. The molecule has 11 heteroatoms. The number of anilines is 1. The van der Waals surface area contributed by atoms with E-state index in [1.807, 2.05) is 0 Å². The largest absolute Gasteiger partial charge is 0.383 e. The molecule has 0 fully saturated rings. The van der Waals surface area contributed by atoms with Gasteiger partial charge in [0.1, 0.15) is 29.0 Å². The Morgan fingerprint density at radius 3 is 2.45 bits per heavy atom. The first-order valence-corrected chi connectivity index (χ1v) is 9.62. The zero-order valence-electron chi connectivity index (χ0n) is 16.7. The van der Waals surface area contributed by atoms with Crippen LogP contribution in [0.5, 0.6) is 0 Å². The van der Waals surface area contributed by atoms with Crippen molar-refractivity contribution in [2.45, 2.75) is 6.42 Å². The Morgan fingerprint density at radius 1 is 0.848 bits per heavy atom. The van der Waals surface area contributed by atoms with Crippen molar-refractivity contribution >= 4 is 11.3 Å². The third-order valence-electron chi connectivity index (χ3n) is 5.04. The number of imidazole rings is 1. The highest BCUT2D eigenvalue weighted by Crippen LogP contribution is 2.29. The van der Waals surface area contributed by atoms with Gasteiger partial charge in [-0.15, -0.1) is 0 Å². The van der Waals surface area contributed by atoms with Gasteiger partial charge < -0.3 is 5.73 Å². The molecule has 0 radical (unpaired) electrons. The number of nitrogens with zero attached hydrogens (tertiary/aromatic N) is 6. The topological polar surface area (TPSA) is 94.9 Å². The number of hydrogen-bond acceptors (Lipinski definition) is 6. The summed E-state index contributed by atoms with van der Waals surface area (Å²) in [4.78, 5) is 16.6. The van der Waals surface area contributed by atoms with Gasteiger partial charge in [-0.05, 0) is 30.3 Å². The minimum atomic E-state index is -1.30. The van der Waals surface area contributed by atoms with Crippen molar-refractivity contribution < 1.29 is 17.6 Å². The van der Waals surface area contributed by atoms with E-state index in [4.69, 9.17) is 5.73 Å². The molecule has 0 amide bonds. The Kier molecular flexibility index (Phi) is 4.93. The van der Waals surface area contributed by atoms with Crippen LogP contribution >= 0.6 is 0 Å². The van der Waals surface area contributed by atoms with Crippen molar-refractivity contribution in [1.29, 1.82) is 0 Å². The summed E-state index contributed by atoms with van der Waals surface area (Å²) in [5.41, 5.74) is 6.71. The van der Waals surface area contributed by atoms with Gasteiger partial charge >= 0.3 is 0 Å². The molecule has 5 rings (SSSR count). The third-order valence-corrected chi connectivity index (χ3v) is 5.04. The van der Waals surface area contributed by atoms with Crippen LogP contribution in [0.2, 0.25) is 0 Å². The van der Waals surface area contributed by atoms with Gasteiger partial charge in [-0.1, -0.05) is 0 Å². The first-order valence-electron chi connectivity index (χ1n) is 9.62. The van der Waals surface area contributed by atoms with Gasteiger partial charge in [-0.3, -0.25) is 4.98 Å². The number of rotatable bonds is 4. The molecule has 0 unspecified atom stereocenters. The zero-order chi connectivity index (χ0) is 23.1. The molecule has 2 N–H and O–H groups in total. The lowest BCUT2D eigenvalue weighted by Crippen LogP contribution is -2.05. The summed E-state index contributed by atoms with van der Waals surface area (Å²) in [5, 5.41) is 4.18. The van der Waals surface area contributed by atoms with Crippen molar-refractivity contribution in [1.82, 2.24) is 29.5 Å². The predicted octanol–water partition coefficient (Wildman–Crippen LogP) is 3.98. The second-order valence-corrected chi connectivity index (χ2v) is 7.04. The average Bonchev–Trinajstić information content (AvgIpc) is 3.18. The van der Waals surface area contributed by atoms with Crippen molar-refractivity contribution in [2.75, 3.05) is 5.73 Å². The lowest BCUT2D eigenvalue weighted by molar-refractivity contribution is 0.481. The number of hydrogen-bond donors (Lipinski definition) is 1. The van der Waals surface area contributed by atoms with E-state index in [1.165, 1.54) is 29.2 Å². The molecule has 0 aliphatic carbocycles. The van der Waals surface area contributed by atoms with Crippen LogP contribution in [0.1, 0.15) is 11.4 Å². The van der Waals surface area contributed by atoms with Crippen LogP contribution < -0.4 is 5.73 Å². The van der Waals surface area contributed by atoms with E-state index in [9.17, 15) is 17.6 Å². The van der Waals surface area contributed by atoms with Crippen molar-refractivity contribution in [3.05, 3.63) is 89.8 Å².